The van der Waals surface area contributed by atoms with E-state index in [2.05, 4.69) is 24.8 Å². The van der Waals surface area contributed by atoms with Gasteiger partial charge in [0.15, 0.2) is 0 Å². The van der Waals surface area contributed by atoms with E-state index >= 15 is 0 Å². The van der Waals surface area contributed by atoms with Crippen molar-refractivity contribution in [2.45, 2.75) is 90.2 Å². The molecule has 1 aliphatic heterocycles. The van der Waals surface area contributed by atoms with Gasteiger partial charge in [0.2, 0.25) is 0 Å². The van der Waals surface area contributed by atoms with Crippen LogP contribution in [0.15, 0.2) is 34.7 Å². The maximum absolute atomic E-state index is 12.6. The van der Waals surface area contributed by atoms with Gasteiger partial charge in [-0.05, 0) is 64.5 Å². The van der Waals surface area contributed by atoms with Gasteiger partial charge in [0.25, 0.3) is 0 Å². The van der Waals surface area contributed by atoms with Crippen LogP contribution in [-0.4, -0.2) is 23.0 Å². The molecule has 0 aromatic heterocycles. The lowest BCUT2D eigenvalue weighted by molar-refractivity contribution is -0.145. The zero-order valence-corrected chi connectivity index (χ0v) is 16.1. The predicted octanol–water partition coefficient (Wildman–Crippen LogP) is 5.14. The molecule has 0 spiro atoms. The van der Waals surface area contributed by atoms with Gasteiger partial charge in [0.1, 0.15) is 17.7 Å². The molecule has 26 heavy (non-hydrogen) atoms. The van der Waals surface area contributed by atoms with Crippen LogP contribution in [0.1, 0.15) is 78.1 Å². The van der Waals surface area contributed by atoms with E-state index in [0.717, 1.165) is 37.1 Å². The van der Waals surface area contributed by atoms with Crippen LogP contribution >= 0.6 is 0 Å². The Morgan fingerprint density at radius 2 is 1.54 bits per heavy atom. The number of nitrogens with zero attached hydrogens (tertiary/aromatic N) is 2. The highest BCUT2D eigenvalue weighted by Gasteiger charge is 2.27. The van der Waals surface area contributed by atoms with Crippen LogP contribution in [0, 0.1) is 11.3 Å². The summed E-state index contributed by atoms with van der Waals surface area (Å²) >= 11 is 0. The Morgan fingerprint density at radius 3 is 2.08 bits per heavy atom. The molecule has 0 aromatic carbocycles. The van der Waals surface area contributed by atoms with E-state index in [4.69, 9.17) is 4.74 Å². The number of carbonyl (C=O) groups is 1. The van der Waals surface area contributed by atoms with Crippen LogP contribution in [0.2, 0.25) is 0 Å². The fraction of sp³-hybridized carbons (Fsp3) is 0.636. The van der Waals surface area contributed by atoms with Crippen LogP contribution in [0.5, 0.6) is 0 Å². The summed E-state index contributed by atoms with van der Waals surface area (Å²) in [5.41, 5.74) is 3.06. The average molecular weight is 354 g/mol. The van der Waals surface area contributed by atoms with Gasteiger partial charge in [0.05, 0.1) is 0 Å². The van der Waals surface area contributed by atoms with E-state index in [1.54, 1.807) is 0 Å². The summed E-state index contributed by atoms with van der Waals surface area (Å²) in [4.78, 5) is 14.9. The highest BCUT2D eigenvalue weighted by molar-refractivity contribution is 5.95. The molecule has 0 atom stereocenters. The third-order valence-electron chi connectivity index (χ3n) is 5.86. The van der Waals surface area contributed by atoms with E-state index in [1.165, 1.54) is 38.5 Å². The molecule has 0 unspecified atom stereocenters. The molecule has 2 fully saturated rings. The lowest BCUT2D eigenvalue weighted by atomic mass is 9.91. The van der Waals surface area contributed by atoms with E-state index in [0.29, 0.717) is 11.6 Å². The molecule has 0 saturated heterocycles. The highest BCUT2D eigenvalue weighted by atomic mass is 16.5. The molecule has 2 saturated carbocycles. The smallest absolute Gasteiger partial charge is 0.349 e. The normalized spacial score (nSPS) is 22.3. The number of hydrogen-bond acceptors (Lipinski definition) is 4. The van der Waals surface area contributed by atoms with Crippen molar-refractivity contribution in [1.82, 2.24) is 4.90 Å². The van der Waals surface area contributed by atoms with Crippen molar-refractivity contribution in [3.8, 4) is 6.07 Å². The molecule has 0 amide bonds. The largest absolute Gasteiger partial charge is 0.458 e. The van der Waals surface area contributed by atoms with E-state index in [-0.39, 0.29) is 11.7 Å². The van der Waals surface area contributed by atoms with Crippen LogP contribution in [0.25, 0.3) is 0 Å². The summed E-state index contributed by atoms with van der Waals surface area (Å²) in [6.45, 7) is 4.15. The zero-order valence-electron chi connectivity index (χ0n) is 16.1. The number of esters is 1. The Morgan fingerprint density at radius 1 is 1.00 bits per heavy atom. The van der Waals surface area contributed by atoms with Gasteiger partial charge in [-0.25, -0.2) is 4.79 Å². The molecule has 4 heteroatoms. The first-order valence-electron chi connectivity index (χ1n) is 10.1. The third kappa shape index (κ3) is 4.20. The maximum Gasteiger partial charge on any atom is 0.349 e. The van der Waals surface area contributed by atoms with Gasteiger partial charge < -0.3 is 9.64 Å². The molecule has 0 aromatic rings. The van der Waals surface area contributed by atoms with Crippen molar-refractivity contribution in [3.05, 3.63) is 34.7 Å². The maximum atomic E-state index is 12.6. The summed E-state index contributed by atoms with van der Waals surface area (Å²) < 4.78 is 5.62. The van der Waals surface area contributed by atoms with Gasteiger partial charge in [-0.3, -0.25) is 0 Å². The van der Waals surface area contributed by atoms with E-state index in [9.17, 15) is 10.1 Å². The molecule has 2 aliphatic carbocycles. The van der Waals surface area contributed by atoms with Crippen LogP contribution in [0.4, 0.5) is 0 Å². The average Bonchev–Trinajstić information content (AvgIpc) is 2.63. The van der Waals surface area contributed by atoms with Crippen molar-refractivity contribution in [2.24, 2.45) is 0 Å². The van der Waals surface area contributed by atoms with Crippen LogP contribution in [-0.2, 0) is 9.53 Å². The second-order valence-electron chi connectivity index (χ2n) is 7.84. The first-order chi connectivity index (χ1) is 12.6. The molecule has 140 valence electrons. The van der Waals surface area contributed by atoms with Crippen molar-refractivity contribution < 1.29 is 9.53 Å². The number of ether oxygens (including phenoxy) is 1. The second kappa shape index (κ2) is 8.58. The molecular formula is C22H30N2O2. The molecule has 0 radical (unpaired) electrons. The molecule has 1 heterocycles. The van der Waals surface area contributed by atoms with Crippen molar-refractivity contribution in [3.63, 3.8) is 0 Å². The van der Waals surface area contributed by atoms with Crippen molar-refractivity contribution >= 4 is 5.97 Å². The third-order valence-corrected chi connectivity index (χ3v) is 5.86. The molecule has 4 nitrogen and oxygen atoms in total. The minimum atomic E-state index is -0.464. The highest BCUT2D eigenvalue weighted by Crippen LogP contribution is 2.33. The lowest BCUT2D eigenvalue weighted by Gasteiger charge is -2.39. The zero-order chi connectivity index (χ0) is 18.5. The fourth-order valence-electron chi connectivity index (χ4n) is 4.59. The van der Waals surface area contributed by atoms with Gasteiger partial charge >= 0.3 is 5.97 Å². The minimum absolute atomic E-state index is 0.0299. The molecule has 0 bridgehead atoms. The Hall–Kier alpha value is -2.02. The number of rotatable bonds is 3. The standard InChI is InChI=1S/C22H30N2O2/c1-16-13-18(14-17(2)24(16)19-9-5-3-6-10-19)21(15-23)22(25)26-20-11-7-4-8-12-20/h13-14,19-20H,3-12H2,1-2H3. The Kier molecular flexibility index (Phi) is 6.19. The molecule has 3 rings (SSSR count). The predicted molar refractivity (Wildman–Crippen MR) is 102 cm³/mol. The second-order valence-corrected chi connectivity index (χ2v) is 7.84. The lowest BCUT2D eigenvalue weighted by Crippen LogP contribution is -2.35. The van der Waals surface area contributed by atoms with Gasteiger partial charge in [-0.1, -0.05) is 25.7 Å². The topological polar surface area (TPSA) is 53.3 Å². The van der Waals surface area contributed by atoms with Crippen molar-refractivity contribution in [2.75, 3.05) is 0 Å². The number of carbonyl (C=O) groups excluding carboxylic acids is 1. The van der Waals surface area contributed by atoms with Gasteiger partial charge in [-0.15, -0.1) is 0 Å². The van der Waals surface area contributed by atoms with Crippen molar-refractivity contribution in [1.29, 1.82) is 5.26 Å². The minimum Gasteiger partial charge on any atom is -0.458 e. The number of nitriles is 1. The van der Waals surface area contributed by atoms with Crippen LogP contribution in [0.3, 0.4) is 0 Å². The summed E-state index contributed by atoms with van der Waals surface area (Å²) in [7, 11) is 0. The summed E-state index contributed by atoms with van der Waals surface area (Å²) in [6, 6.07) is 2.63. The first kappa shape index (κ1) is 18.8. The number of allylic oxidation sites excluding steroid dienone is 5. The van der Waals surface area contributed by atoms with Crippen LogP contribution < -0.4 is 0 Å². The summed E-state index contributed by atoms with van der Waals surface area (Å²) in [5, 5.41) is 9.58. The Bertz CT molecular complexity index is 647. The molecule has 3 aliphatic rings. The summed E-state index contributed by atoms with van der Waals surface area (Å²) in [5.74, 6) is -0.464. The Balaban J connectivity index is 1.78. The Labute approximate surface area is 157 Å². The van der Waals surface area contributed by atoms with E-state index in [1.807, 2.05) is 12.2 Å². The fourth-order valence-corrected chi connectivity index (χ4v) is 4.59. The monoisotopic (exact) mass is 354 g/mol. The van der Waals surface area contributed by atoms with Gasteiger partial charge in [0, 0.05) is 23.0 Å². The molecule has 0 N–H and O–H groups in total. The van der Waals surface area contributed by atoms with Gasteiger partial charge in [-0.2, -0.15) is 5.26 Å². The summed E-state index contributed by atoms with van der Waals surface area (Å²) in [6.07, 6.45) is 15.5. The molecular weight excluding hydrogens is 324 g/mol. The SMILES string of the molecule is CC1=CC(=C(C#N)C(=O)OC2CCCCC2)C=C(C)N1C1CCCCC1. The number of hydrogen-bond donors (Lipinski definition) is 0. The first-order valence-corrected chi connectivity index (χ1v) is 10.1. The van der Waals surface area contributed by atoms with E-state index < -0.39 is 5.97 Å². The quantitative estimate of drug-likeness (QED) is 0.400.